The van der Waals surface area contributed by atoms with Gasteiger partial charge in [0.2, 0.25) is 0 Å². The molecule has 1 N–H and O–H groups in total. The summed E-state index contributed by atoms with van der Waals surface area (Å²) in [4.78, 5) is 0. The van der Waals surface area contributed by atoms with Crippen molar-refractivity contribution in [3.8, 4) is 0 Å². The van der Waals surface area contributed by atoms with E-state index in [4.69, 9.17) is 0 Å². The van der Waals surface area contributed by atoms with Crippen molar-refractivity contribution in [2.45, 2.75) is 77.7 Å². The van der Waals surface area contributed by atoms with E-state index in [1.165, 1.54) is 56.2 Å². The van der Waals surface area contributed by atoms with Crippen LogP contribution >= 0.6 is 0 Å². The average Bonchev–Trinajstić information content (AvgIpc) is 3.02. The highest BCUT2D eigenvalue weighted by Crippen LogP contribution is 2.67. The Morgan fingerprint density at radius 3 is 2.64 bits per heavy atom. The third kappa shape index (κ3) is 1.94. The fourth-order valence-corrected chi connectivity index (χ4v) is 7.95. The van der Waals surface area contributed by atoms with Crippen molar-refractivity contribution in [1.29, 1.82) is 0 Å². The van der Waals surface area contributed by atoms with Gasteiger partial charge >= 0.3 is 0 Å². The third-order valence-electron chi connectivity index (χ3n) is 9.79. The first-order chi connectivity index (χ1) is 11.8. The summed E-state index contributed by atoms with van der Waals surface area (Å²) in [5.41, 5.74) is 3.13. The Labute approximate surface area is 152 Å². The van der Waals surface area contributed by atoms with Crippen molar-refractivity contribution in [3.05, 3.63) is 17.5 Å². The molecule has 0 saturated heterocycles. The molecule has 4 aliphatic rings. The Hall–Kier alpha value is -0.830. The number of hydrogen-bond donors (Lipinski definition) is 1. The van der Waals surface area contributed by atoms with E-state index >= 15 is 0 Å². The molecule has 4 aliphatic carbocycles. The molecule has 25 heavy (non-hydrogen) atoms. The number of aromatic nitrogens is 2. The van der Waals surface area contributed by atoms with Gasteiger partial charge in [-0.3, -0.25) is 4.68 Å². The van der Waals surface area contributed by atoms with E-state index in [1.54, 1.807) is 0 Å². The van der Waals surface area contributed by atoms with E-state index in [9.17, 15) is 5.11 Å². The maximum Gasteiger partial charge on any atom is 0.0675 e. The smallest absolute Gasteiger partial charge is 0.0675 e. The minimum Gasteiger partial charge on any atom is -0.390 e. The van der Waals surface area contributed by atoms with Gasteiger partial charge in [-0.1, -0.05) is 13.8 Å². The van der Waals surface area contributed by atoms with Crippen molar-refractivity contribution < 1.29 is 5.11 Å². The lowest BCUT2D eigenvalue weighted by Gasteiger charge is -2.60. The first-order valence-electron chi connectivity index (χ1n) is 10.5. The van der Waals surface area contributed by atoms with Gasteiger partial charge in [-0.15, -0.1) is 0 Å². The minimum absolute atomic E-state index is 0.144. The fraction of sp³-hybridized carbons (Fsp3) is 0.864. The van der Waals surface area contributed by atoms with Crippen LogP contribution in [0.3, 0.4) is 0 Å². The van der Waals surface area contributed by atoms with Crippen LogP contribution in [-0.4, -0.2) is 20.5 Å². The van der Waals surface area contributed by atoms with Gasteiger partial charge in [0.15, 0.2) is 0 Å². The summed E-state index contributed by atoms with van der Waals surface area (Å²) >= 11 is 0. The zero-order valence-corrected chi connectivity index (χ0v) is 16.4. The second kappa shape index (κ2) is 4.91. The molecule has 0 aliphatic heterocycles. The molecule has 0 radical (unpaired) electrons. The van der Waals surface area contributed by atoms with Gasteiger partial charge in [0, 0.05) is 12.7 Å². The minimum atomic E-state index is -0.455. The fourth-order valence-electron chi connectivity index (χ4n) is 7.95. The Morgan fingerprint density at radius 1 is 1.08 bits per heavy atom. The Balaban J connectivity index is 1.50. The highest BCUT2D eigenvalue weighted by atomic mass is 16.3. The second-order valence-corrected chi connectivity index (χ2v) is 10.5. The summed E-state index contributed by atoms with van der Waals surface area (Å²) in [5, 5.41) is 15.6. The van der Waals surface area contributed by atoms with Crippen LogP contribution in [0.25, 0.3) is 0 Å². The predicted molar refractivity (Wildman–Crippen MR) is 99.1 cm³/mol. The summed E-state index contributed by atoms with van der Waals surface area (Å²) in [6.07, 6.45) is 12.1. The summed E-state index contributed by atoms with van der Waals surface area (Å²) in [5.74, 6) is 3.22. The van der Waals surface area contributed by atoms with Crippen LogP contribution < -0.4 is 0 Å². The molecule has 0 aromatic carbocycles. The molecule has 5 rings (SSSR count). The number of fused-ring (bicyclic) bond motifs is 6. The van der Waals surface area contributed by atoms with Gasteiger partial charge in [-0.2, -0.15) is 5.10 Å². The van der Waals surface area contributed by atoms with Crippen molar-refractivity contribution in [2.75, 3.05) is 0 Å². The molecule has 3 fully saturated rings. The van der Waals surface area contributed by atoms with Crippen LogP contribution in [0.2, 0.25) is 0 Å². The van der Waals surface area contributed by atoms with Crippen molar-refractivity contribution in [3.63, 3.8) is 0 Å². The van der Waals surface area contributed by atoms with E-state index in [2.05, 4.69) is 43.8 Å². The average molecular weight is 343 g/mol. The molecule has 138 valence electrons. The largest absolute Gasteiger partial charge is 0.390 e. The Kier molecular flexibility index (Phi) is 3.21. The summed E-state index contributed by atoms with van der Waals surface area (Å²) in [6.45, 7) is 7.11. The molecule has 0 bridgehead atoms. The molecule has 7 atom stereocenters. The van der Waals surface area contributed by atoms with Crippen LogP contribution in [-0.2, 0) is 19.9 Å². The van der Waals surface area contributed by atoms with E-state index in [-0.39, 0.29) is 5.41 Å². The lowest BCUT2D eigenvalue weighted by Crippen LogP contribution is -2.56. The molecule has 4 unspecified atom stereocenters. The van der Waals surface area contributed by atoms with E-state index < -0.39 is 5.60 Å². The van der Waals surface area contributed by atoms with Gasteiger partial charge in [-0.05, 0) is 98.4 Å². The zero-order chi connectivity index (χ0) is 17.6. The molecule has 1 aromatic heterocycles. The number of aryl methyl sites for hydroxylation is 1. The summed E-state index contributed by atoms with van der Waals surface area (Å²) < 4.78 is 2.12. The molecule has 3 nitrogen and oxygen atoms in total. The van der Waals surface area contributed by atoms with Crippen molar-refractivity contribution in [2.24, 2.45) is 41.5 Å². The number of nitrogens with zero attached hydrogens (tertiary/aromatic N) is 2. The number of hydrogen-bond acceptors (Lipinski definition) is 2. The van der Waals surface area contributed by atoms with Crippen LogP contribution in [0, 0.1) is 34.5 Å². The van der Waals surface area contributed by atoms with Gasteiger partial charge in [0.25, 0.3) is 0 Å². The summed E-state index contributed by atoms with van der Waals surface area (Å²) in [6, 6.07) is 0. The van der Waals surface area contributed by atoms with Crippen LogP contribution in [0.4, 0.5) is 0 Å². The summed E-state index contributed by atoms with van der Waals surface area (Å²) in [7, 11) is 2.11. The van der Waals surface area contributed by atoms with Crippen molar-refractivity contribution >= 4 is 0 Å². The van der Waals surface area contributed by atoms with Crippen LogP contribution in [0.5, 0.6) is 0 Å². The van der Waals surface area contributed by atoms with E-state index in [0.29, 0.717) is 5.41 Å². The molecule has 0 spiro atoms. The highest BCUT2D eigenvalue weighted by Gasteiger charge is 2.63. The molecule has 3 heteroatoms. The molecule has 3 saturated carbocycles. The lowest BCUT2D eigenvalue weighted by atomic mass is 9.44. The second-order valence-electron chi connectivity index (χ2n) is 10.5. The monoisotopic (exact) mass is 342 g/mol. The van der Waals surface area contributed by atoms with Gasteiger partial charge in [-0.25, -0.2) is 0 Å². The molecular weight excluding hydrogens is 308 g/mol. The van der Waals surface area contributed by atoms with Crippen LogP contribution in [0.15, 0.2) is 6.20 Å². The number of aliphatic hydroxyl groups is 1. The lowest BCUT2D eigenvalue weighted by molar-refractivity contribution is -0.139. The third-order valence-corrected chi connectivity index (χ3v) is 9.79. The highest BCUT2D eigenvalue weighted by molar-refractivity contribution is 5.27. The van der Waals surface area contributed by atoms with E-state index in [0.717, 1.165) is 30.1 Å². The molecular formula is C22H34N2O. The van der Waals surface area contributed by atoms with Gasteiger partial charge in [0.1, 0.15) is 0 Å². The topological polar surface area (TPSA) is 38.0 Å². The van der Waals surface area contributed by atoms with Gasteiger partial charge in [0.05, 0.1) is 11.8 Å². The van der Waals surface area contributed by atoms with Crippen molar-refractivity contribution in [1.82, 2.24) is 9.78 Å². The quantitative estimate of drug-likeness (QED) is 0.770. The number of rotatable bonds is 0. The first kappa shape index (κ1) is 16.4. The predicted octanol–water partition coefficient (Wildman–Crippen LogP) is 4.13. The molecule has 1 aromatic rings. The van der Waals surface area contributed by atoms with E-state index in [1.807, 2.05) is 0 Å². The Morgan fingerprint density at radius 2 is 1.84 bits per heavy atom. The maximum atomic E-state index is 11.1. The van der Waals surface area contributed by atoms with Gasteiger partial charge < -0.3 is 5.11 Å². The normalized spacial score (nSPS) is 51.4. The zero-order valence-electron chi connectivity index (χ0n) is 16.4. The standard InChI is InChI=1S/C22H34N2O/c1-20-12-14-13-23-24(4)19(14)11-15(20)5-6-16-17(20)7-9-21(2)18(16)8-10-22(21,3)25/h13,15-18,25H,5-12H2,1-4H3/t15?,16?,17?,18?,20-,21-,22-/m0/s1. The first-order valence-corrected chi connectivity index (χ1v) is 10.5. The molecule has 0 amide bonds. The molecule has 1 heterocycles. The Bertz CT molecular complexity index is 707. The SMILES string of the molecule is Cn1ncc2c1CC1CCC3C(CC[C@@]4(C)C3CC[C@]4(C)O)[C@@]1(C)C2. The van der Waals surface area contributed by atoms with Crippen LogP contribution in [0.1, 0.15) is 70.6 Å². The maximum absolute atomic E-state index is 11.1.